The van der Waals surface area contributed by atoms with E-state index in [0.29, 0.717) is 29.6 Å². The molecule has 0 aromatic heterocycles. The van der Waals surface area contributed by atoms with Gasteiger partial charge in [0.1, 0.15) is 0 Å². The van der Waals surface area contributed by atoms with Crippen molar-refractivity contribution in [3.05, 3.63) is 53.1 Å². The molecule has 0 radical (unpaired) electrons. The van der Waals surface area contributed by atoms with Crippen LogP contribution in [0.15, 0.2) is 41.3 Å². The van der Waals surface area contributed by atoms with Crippen molar-refractivity contribution in [2.45, 2.75) is 32.1 Å². The lowest BCUT2D eigenvalue weighted by Gasteiger charge is -2.14. The molecule has 1 amide bonds. The molecule has 10 heteroatoms. The van der Waals surface area contributed by atoms with E-state index in [4.69, 9.17) is 14.6 Å². The molecule has 0 spiro atoms. The van der Waals surface area contributed by atoms with E-state index in [2.05, 4.69) is 19.3 Å². The van der Waals surface area contributed by atoms with E-state index < -0.39 is 21.9 Å². The number of hydrogen-bond acceptors (Lipinski definition) is 6. The standard InChI is InChI=1S/C21H26N2O7S/c1-13(2)9-10-30-17-8-7-15(11-18(17)29-4)20(24)22-23-31(27,28)19-12-16(21(25)26)6-5-14(19)3/h5-8,11-13,23H,9-10H2,1-4H3,(H,22,24)(H,25,26). The van der Waals surface area contributed by atoms with Crippen molar-refractivity contribution in [1.29, 1.82) is 0 Å². The first-order chi connectivity index (χ1) is 14.5. The number of hydrazine groups is 1. The number of carbonyl (C=O) groups excluding carboxylic acids is 1. The lowest BCUT2D eigenvalue weighted by Crippen LogP contribution is -2.41. The summed E-state index contributed by atoms with van der Waals surface area (Å²) in [6.07, 6.45) is 0.857. The van der Waals surface area contributed by atoms with Crippen LogP contribution in [0, 0.1) is 12.8 Å². The Morgan fingerprint density at radius 3 is 2.35 bits per heavy atom. The lowest BCUT2D eigenvalue weighted by atomic mass is 10.1. The topological polar surface area (TPSA) is 131 Å². The maximum Gasteiger partial charge on any atom is 0.335 e. The Morgan fingerprint density at radius 1 is 1.06 bits per heavy atom. The molecule has 0 heterocycles. The van der Waals surface area contributed by atoms with Gasteiger partial charge >= 0.3 is 5.97 Å². The van der Waals surface area contributed by atoms with Gasteiger partial charge in [0.15, 0.2) is 11.5 Å². The zero-order valence-electron chi connectivity index (χ0n) is 17.8. The fraction of sp³-hybridized carbons (Fsp3) is 0.333. The van der Waals surface area contributed by atoms with Crippen molar-refractivity contribution in [3.63, 3.8) is 0 Å². The van der Waals surface area contributed by atoms with Gasteiger partial charge in [-0.3, -0.25) is 10.2 Å². The van der Waals surface area contributed by atoms with Crippen molar-refractivity contribution in [2.75, 3.05) is 13.7 Å². The molecule has 2 aromatic carbocycles. The van der Waals surface area contributed by atoms with Crippen molar-refractivity contribution < 1.29 is 32.6 Å². The second kappa shape index (κ2) is 10.3. The number of carbonyl (C=O) groups is 2. The summed E-state index contributed by atoms with van der Waals surface area (Å²) in [5.74, 6) is -0.694. The molecule has 2 aromatic rings. The Bertz CT molecular complexity index is 1070. The van der Waals surface area contributed by atoms with Crippen molar-refractivity contribution in [1.82, 2.24) is 10.3 Å². The predicted molar refractivity (Wildman–Crippen MR) is 114 cm³/mol. The maximum atomic E-state index is 12.6. The van der Waals surface area contributed by atoms with E-state index in [-0.39, 0.29) is 16.0 Å². The third-order valence-electron chi connectivity index (χ3n) is 4.40. The van der Waals surface area contributed by atoms with Gasteiger partial charge < -0.3 is 14.6 Å². The number of sulfonamides is 1. The van der Waals surface area contributed by atoms with Crippen LogP contribution in [0.1, 0.15) is 46.5 Å². The van der Waals surface area contributed by atoms with Crippen molar-refractivity contribution >= 4 is 21.9 Å². The zero-order valence-corrected chi connectivity index (χ0v) is 18.6. The molecule has 0 aliphatic heterocycles. The molecular weight excluding hydrogens is 424 g/mol. The van der Waals surface area contributed by atoms with Gasteiger partial charge in [0.05, 0.1) is 24.2 Å². The number of nitrogens with one attached hydrogen (secondary N) is 2. The molecule has 9 nitrogen and oxygen atoms in total. The van der Waals surface area contributed by atoms with Gasteiger partial charge in [0.2, 0.25) is 0 Å². The van der Waals surface area contributed by atoms with Gasteiger partial charge in [0.25, 0.3) is 15.9 Å². The van der Waals surface area contributed by atoms with E-state index in [9.17, 15) is 18.0 Å². The monoisotopic (exact) mass is 450 g/mol. The fourth-order valence-corrected chi connectivity index (χ4v) is 3.71. The second-order valence-electron chi connectivity index (χ2n) is 7.24. The largest absolute Gasteiger partial charge is 0.493 e. The number of carboxylic acids is 1. The Hall–Kier alpha value is -3.11. The van der Waals surface area contributed by atoms with E-state index >= 15 is 0 Å². The number of aromatic carboxylic acids is 1. The number of carboxylic acid groups (broad SMARTS) is 1. The second-order valence-corrected chi connectivity index (χ2v) is 8.89. The Balaban J connectivity index is 2.13. The van der Waals surface area contributed by atoms with Crippen LogP contribution in [0.2, 0.25) is 0 Å². The minimum atomic E-state index is -4.20. The van der Waals surface area contributed by atoms with Crippen LogP contribution in [0.5, 0.6) is 11.5 Å². The molecule has 168 valence electrons. The number of aryl methyl sites for hydroxylation is 1. The molecular formula is C21H26N2O7S. The third kappa shape index (κ3) is 6.43. The molecule has 0 aliphatic rings. The fourth-order valence-electron chi connectivity index (χ4n) is 2.60. The van der Waals surface area contributed by atoms with Crippen LogP contribution >= 0.6 is 0 Å². The zero-order chi connectivity index (χ0) is 23.2. The van der Waals surface area contributed by atoms with Gasteiger partial charge in [-0.2, -0.15) is 0 Å². The van der Waals surface area contributed by atoms with Crippen LogP contribution < -0.4 is 19.7 Å². The van der Waals surface area contributed by atoms with Gasteiger partial charge in [0, 0.05) is 5.56 Å². The van der Waals surface area contributed by atoms with Crippen LogP contribution in [0.4, 0.5) is 0 Å². The Morgan fingerprint density at radius 2 is 1.74 bits per heavy atom. The Kier molecular flexibility index (Phi) is 8.01. The maximum absolute atomic E-state index is 12.6. The molecule has 0 unspecified atom stereocenters. The Labute approximate surface area is 181 Å². The first-order valence-corrected chi connectivity index (χ1v) is 11.0. The van der Waals surface area contributed by atoms with Crippen LogP contribution in [0.3, 0.4) is 0 Å². The summed E-state index contributed by atoms with van der Waals surface area (Å²) in [5, 5.41) is 9.08. The van der Waals surface area contributed by atoms with Crippen LogP contribution in [0.25, 0.3) is 0 Å². The summed E-state index contributed by atoms with van der Waals surface area (Å²) >= 11 is 0. The first-order valence-electron chi connectivity index (χ1n) is 9.52. The number of rotatable bonds is 10. The SMILES string of the molecule is COc1cc(C(=O)NNS(=O)(=O)c2cc(C(=O)O)ccc2C)ccc1OCCC(C)C. The summed E-state index contributed by atoms with van der Waals surface area (Å²) in [6.45, 7) is 6.17. The third-order valence-corrected chi connectivity index (χ3v) is 5.79. The summed E-state index contributed by atoms with van der Waals surface area (Å²) < 4.78 is 36.0. The van der Waals surface area contributed by atoms with E-state index in [0.717, 1.165) is 12.5 Å². The summed E-state index contributed by atoms with van der Waals surface area (Å²) in [6, 6.07) is 8.19. The highest BCUT2D eigenvalue weighted by molar-refractivity contribution is 7.89. The first kappa shape index (κ1) is 24.2. The van der Waals surface area contributed by atoms with E-state index in [1.165, 1.54) is 38.3 Å². The quantitative estimate of drug-likeness (QED) is 0.474. The van der Waals surface area contributed by atoms with Gasteiger partial charge in [-0.05, 0) is 55.2 Å². The molecule has 31 heavy (non-hydrogen) atoms. The minimum absolute atomic E-state index is 0.145. The molecule has 0 bridgehead atoms. The molecule has 0 atom stereocenters. The van der Waals surface area contributed by atoms with E-state index in [1.54, 1.807) is 6.07 Å². The minimum Gasteiger partial charge on any atom is -0.493 e. The van der Waals surface area contributed by atoms with Crippen LogP contribution in [-0.4, -0.2) is 39.1 Å². The molecule has 0 aliphatic carbocycles. The van der Waals surface area contributed by atoms with Gasteiger partial charge in [-0.25, -0.2) is 13.2 Å². The molecule has 0 saturated carbocycles. The smallest absolute Gasteiger partial charge is 0.335 e. The average molecular weight is 451 g/mol. The molecule has 3 N–H and O–H groups in total. The number of benzene rings is 2. The van der Waals surface area contributed by atoms with Crippen molar-refractivity contribution in [2.24, 2.45) is 5.92 Å². The average Bonchev–Trinajstić information content (AvgIpc) is 2.72. The number of methoxy groups -OCH3 is 1. The number of amides is 1. The summed E-state index contributed by atoms with van der Waals surface area (Å²) in [7, 11) is -2.76. The highest BCUT2D eigenvalue weighted by atomic mass is 32.2. The van der Waals surface area contributed by atoms with Crippen LogP contribution in [-0.2, 0) is 10.0 Å². The molecule has 0 fully saturated rings. The molecule has 2 rings (SSSR count). The van der Waals surface area contributed by atoms with Gasteiger partial charge in [-0.15, -0.1) is 4.83 Å². The highest BCUT2D eigenvalue weighted by Crippen LogP contribution is 2.28. The van der Waals surface area contributed by atoms with Gasteiger partial charge in [-0.1, -0.05) is 19.9 Å². The highest BCUT2D eigenvalue weighted by Gasteiger charge is 2.20. The normalized spacial score (nSPS) is 11.3. The predicted octanol–water partition coefficient (Wildman–Crippen LogP) is 2.75. The summed E-state index contributed by atoms with van der Waals surface area (Å²) in [5.41, 5.74) is 2.41. The van der Waals surface area contributed by atoms with E-state index in [1.807, 2.05) is 4.83 Å². The summed E-state index contributed by atoms with van der Waals surface area (Å²) in [4.78, 5) is 25.3. The lowest BCUT2D eigenvalue weighted by molar-refractivity contribution is 0.0696. The molecule has 0 saturated heterocycles. The van der Waals surface area contributed by atoms with Crippen molar-refractivity contribution in [3.8, 4) is 11.5 Å². The number of hydrogen-bond donors (Lipinski definition) is 3. The number of ether oxygens (including phenoxy) is 2.